The van der Waals surface area contributed by atoms with Crippen LogP contribution in [0.15, 0.2) is 23.1 Å². The predicted octanol–water partition coefficient (Wildman–Crippen LogP) is 1.89. The first-order valence-electron chi connectivity index (χ1n) is 5.82. The Kier molecular flexibility index (Phi) is 3.85. The van der Waals surface area contributed by atoms with Gasteiger partial charge in [-0.25, -0.2) is 8.42 Å². The number of nitrogens with zero attached hydrogens (tertiary/aromatic N) is 1. The van der Waals surface area contributed by atoms with Crippen molar-refractivity contribution in [3.63, 3.8) is 0 Å². The maximum Gasteiger partial charge on any atom is 0.318 e. The quantitative estimate of drug-likeness (QED) is 0.901. The Bertz CT molecular complexity index is 610. The van der Waals surface area contributed by atoms with Gasteiger partial charge in [-0.2, -0.15) is 4.31 Å². The number of aliphatic carboxylic acids is 1. The summed E-state index contributed by atoms with van der Waals surface area (Å²) in [6.45, 7) is 1.14. The number of hydrogen-bond acceptors (Lipinski definition) is 3. The monoisotopic (exact) mass is 303 g/mol. The van der Waals surface area contributed by atoms with Gasteiger partial charge in [-0.3, -0.25) is 4.79 Å². The molecule has 0 heterocycles. The van der Waals surface area contributed by atoms with E-state index in [0.29, 0.717) is 23.4 Å². The number of carboxylic acid groups (broad SMARTS) is 1. The molecule has 0 radical (unpaired) electrons. The number of benzene rings is 1. The summed E-state index contributed by atoms with van der Waals surface area (Å²) < 4.78 is 26.1. The van der Waals surface area contributed by atoms with Crippen molar-refractivity contribution >= 4 is 27.6 Å². The van der Waals surface area contributed by atoms with Gasteiger partial charge in [-0.15, -0.1) is 0 Å². The molecule has 0 spiro atoms. The van der Waals surface area contributed by atoms with Crippen LogP contribution in [0.4, 0.5) is 0 Å². The number of aryl methyl sites for hydroxylation is 1. The Morgan fingerprint density at radius 2 is 2.11 bits per heavy atom. The van der Waals surface area contributed by atoms with Crippen molar-refractivity contribution in [1.29, 1.82) is 0 Å². The van der Waals surface area contributed by atoms with Crippen molar-refractivity contribution in [3.05, 3.63) is 28.8 Å². The zero-order chi connectivity index (χ0) is 14.2. The molecule has 2 rings (SSSR count). The molecule has 1 aromatic carbocycles. The molecule has 0 aromatic heterocycles. The lowest BCUT2D eigenvalue weighted by Gasteiger charge is -2.21. The number of hydrogen-bond donors (Lipinski definition) is 1. The lowest BCUT2D eigenvalue weighted by Crippen LogP contribution is -2.37. The summed E-state index contributed by atoms with van der Waals surface area (Å²) in [5.41, 5.74) is 0.517. The summed E-state index contributed by atoms with van der Waals surface area (Å²) >= 11 is 5.80. The van der Waals surface area contributed by atoms with Crippen LogP contribution in [0.5, 0.6) is 0 Å². The first-order valence-corrected chi connectivity index (χ1v) is 7.64. The van der Waals surface area contributed by atoms with Gasteiger partial charge in [-0.1, -0.05) is 11.6 Å². The molecular weight excluding hydrogens is 290 g/mol. The first-order chi connectivity index (χ1) is 8.82. The molecule has 0 aliphatic heterocycles. The molecule has 0 unspecified atom stereocenters. The van der Waals surface area contributed by atoms with Crippen molar-refractivity contribution in [2.24, 2.45) is 0 Å². The maximum absolute atomic E-state index is 12.5. The fraction of sp³-hybridized carbons (Fsp3) is 0.417. The number of sulfonamides is 1. The van der Waals surface area contributed by atoms with E-state index in [1.54, 1.807) is 13.0 Å². The SMILES string of the molecule is Cc1cc(Cl)ccc1S(=O)(=O)N(CC(=O)O)C1CC1. The highest BCUT2D eigenvalue weighted by Crippen LogP contribution is 2.33. The second-order valence-corrected chi connectivity index (χ2v) is 6.88. The van der Waals surface area contributed by atoms with E-state index >= 15 is 0 Å². The van der Waals surface area contributed by atoms with Crippen molar-refractivity contribution in [2.45, 2.75) is 30.7 Å². The average molecular weight is 304 g/mol. The number of rotatable bonds is 5. The third kappa shape index (κ3) is 3.08. The lowest BCUT2D eigenvalue weighted by molar-refractivity contribution is -0.137. The highest BCUT2D eigenvalue weighted by molar-refractivity contribution is 7.89. The minimum Gasteiger partial charge on any atom is -0.480 e. The van der Waals surface area contributed by atoms with Crippen LogP contribution in [0.25, 0.3) is 0 Å². The zero-order valence-corrected chi connectivity index (χ0v) is 11.9. The summed E-state index contributed by atoms with van der Waals surface area (Å²) in [4.78, 5) is 10.9. The van der Waals surface area contributed by atoms with Crippen molar-refractivity contribution in [3.8, 4) is 0 Å². The average Bonchev–Trinajstić information content (AvgIpc) is 3.08. The summed E-state index contributed by atoms with van der Waals surface area (Å²) in [7, 11) is -3.79. The van der Waals surface area contributed by atoms with Crippen LogP contribution in [0.3, 0.4) is 0 Å². The molecule has 0 bridgehead atoms. The minimum atomic E-state index is -3.79. The van der Waals surface area contributed by atoms with Gasteiger partial charge in [0, 0.05) is 11.1 Å². The Morgan fingerprint density at radius 3 is 2.58 bits per heavy atom. The normalized spacial score (nSPS) is 15.7. The molecule has 7 heteroatoms. The molecular formula is C12H14ClNO4S. The van der Waals surface area contributed by atoms with Crippen LogP contribution < -0.4 is 0 Å². The summed E-state index contributed by atoms with van der Waals surface area (Å²) in [6, 6.07) is 4.27. The highest BCUT2D eigenvalue weighted by atomic mass is 35.5. The molecule has 1 aliphatic rings. The van der Waals surface area contributed by atoms with Crippen molar-refractivity contribution < 1.29 is 18.3 Å². The molecule has 1 fully saturated rings. The van der Waals surface area contributed by atoms with Crippen LogP contribution in [-0.2, 0) is 14.8 Å². The van der Waals surface area contributed by atoms with Gasteiger partial charge in [0.05, 0.1) is 4.90 Å². The largest absolute Gasteiger partial charge is 0.480 e. The topological polar surface area (TPSA) is 74.7 Å². The van der Waals surface area contributed by atoms with E-state index in [1.165, 1.54) is 12.1 Å². The van der Waals surface area contributed by atoms with Crippen molar-refractivity contribution in [2.75, 3.05) is 6.54 Å². The third-order valence-corrected chi connectivity index (χ3v) is 5.26. The number of halogens is 1. The fourth-order valence-corrected chi connectivity index (χ4v) is 4.00. The van der Waals surface area contributed by atoms with Crippen molar-refractivity contribution in [1.82, 2.24) is 4.31 Å². The van der Waals surface area contributed by atoms with Crippen LogP contribution >= 0.6 is 11.6 Å². The van der Waals surface area contributed by atoms with E-state index in [9.17, 15) is 13.2 Å². The maximum atomic E-state index is 12.5. The second kappa shape index (κ2) is 5.11. The van der Waals surface area contributed by atoms with Gasteiger partial charge in [0.2, 0.25) is 10.0 Å². The van der Waals surface area contributed by atoms with Gasteiger partial charge in [-0.05, 0) is 43.5 Å². The van der Waals surface area contributed by atoms with E-state index in [4.69, 9.17) is 16.7 Å². The molecule has 1 saturated carbocycles. The van der Waals surface area contributed by atoms with Crippen LogP contribution in [0.2, 0.25) is 5.02 Å². The highest BCUT2D eigenvalue weighted by Gasteiger charge is 2.39. The molecule has 1 N–H and O–H groups in total. The molecule has 1 aliphatic carbocycles. The zero-order valence-electron chi connectivity index (χ0n) is 10.3. The van der Waals surface area contributed by atoms with Gasteiger partial charge in [0.25, 0.3) is 0 Å². The molecule has 0 saturated heterocycles. The molecule has 0 amide bonds. The van der Waals surface area contributed by atoms with Gasteiger partial charge < -0.3 is 5.11 Å². The van der Waals surface area contributed by atoms with Gasteiger partial charge >= 0.3 is 5.97 Å². The van der Waals surface area contributed by atoms with E-state index in [0.717, 1.165) is 4.31 Å². The minimum absolute atomic E-state index is 0.116. The molecule has 1 aromatic rings. The Balaban J connectivity index is 2.41. The number of carboxylic acids is 1. The summed E-state index contributed by atoms with van der Waals surface area (Å²) in [5.74, 6) is -1.15. The number of carbonyl (C=O) groups is 1. The van der Waals surface area contributed by atoms with E-state index in [-0.39, 0.29) is 10.9 Å². The van der Waals surface area contributed by atoms with E-state index in [2.05, 4.69) is 0 Å². The van der Waals surface area contributed by atoms with E-state index < -0.39 is 22.5 Å². The molecule has 104 valence electrons. The second-order valence-electron chi connectivity index (χ2n) is 4.58. The first kappa shape index (κ1) is 14.3. The van der Waals surface area contributed by atoms with E-state index in [1.807, 2.05) is 0 Å². The Labute approximate surface area is 116 Å². The predicted molar refractivity (Wildman–Crippen MR) is 70.7 cm³/mol. The molecule has 19 heavy (non-hydrogen) atoms. The summed E-state index contributed by atoms with van der Waals surface area (Å²) in [5, 5.41) is 9.31. The van der Waals surface area contributed by atoms with Gasteiger partial charge in [0.1, 0.15) is 6.54 Å². The molecule has 5 nitrogen and oxygen atoms in total. The van der Waals surface area contributed by atoms with Crippen LogP contribution in [-0.4, -0.2) is 36.4 Å². The molecule has 0 atom stereocenters. The smallest absolute Gasteiger partial charge is 0.318 e. The summed E-state index contributed by atoms with van der Waals surface area (Å²) in [6.07, 6.45) is 1.41. The Hall–Kier alpha value is -1.11. The standard InChI is InChI=1S/C12H14ClNO4S/c1-8-6-9(13)2-5-11(8)19(17,18)14(7-12(15)16)10-3-4-10/h2,5-6,10H,3-4,7H2,1H3,(H,15,16). The fourth-order valence-electron chi connectivity index (χ4n) is 1.93. The Morgan fingerprint density at radius 1 is 1.47 bits per heavy atom. The van der Waals surface area contributed by atoms with Gasteiger partial charge in [0.15, 0.2) is 0 Å². The van der Waals surface area contributed by atoms with Crippen LogP contribution in [0.1, 0.15) is 18.4 Å². The lowest BCUT2D eigenvalue weighted by atomic mass is 10.2. The third-order valence-electron chi connectivity index (χ3n) is 2.97. The van der Waals surface area contributed by atoms with Crippen LogP contribution in [0, 0.1) is 6.92 Å².